The summed E-state index contributed by atoms with van der Waals surface area (Å²) in [6, 6.07) is 5.58. The zero-order valence-electron chi connectivity index (χ0n) is 16.7. The number of nitrogens with one attached hydrogen (secondary N) is 2. The third kappa shape index (κ3) is 4.42. The van der Waals surface area contributed by atoms with Gasteiger partial charge < -0.3 is 9.30 Å². The van der Waals surface area contributed by atoms with Crippen LogP contribution in [0.1, 0.15) is 25.8 Å². The van der Waals surface area contributed by atoms with E-state index in [1.54, 1.807) is 24.9 Å². The molecule has 1 aromatic carbocycles. The smallest absolute Gasteiger partial charge is 0.329 e. The Morgan fingerprint density at radius 3 is 2.83 bits per heavy atom. The minimum Gasteiger partial charge on any atom is -0.496 e. The monoisotopic (exact) mass is 462 g/mol. The second-order valence-corrected chi connectivity index (χ2v) is 7.93. The van der Waals surface area contributed by atoms with Gasteiger partial charge in [0, 0.05) is 23.6 Å². The number of aryl methyl sites for hydroxylation is 2. The Hall–Kier alpha value is -2.88. The van der Waals surface area contributed by atoms with Gasteiger partial charge in [0.25, 0.3) is 5.56 Å². The second kappa shape index (κ2) is 8.64. The molecule has 0 fully saturated rings. The second-order valence-electron chi connectivity index (χ2n) is 7.02. The van der Waals surface area contributed by atoms with E-state index in [1.165, 1.54) is 4.57 Å². The van der Waals surface area contributed by atoms with E-state index in [9.17, 15) is 9.59 Å². The highest BCUT2D eigenvalue weighted by molar-refractivity contribution is 9.10. The molecule has 2 aromatic heterocycles. The van der Waals surface area contributed by atoms with Crippen LogP contribution < -0.4 is 21.4 Å². The lowest BCUT2D eigenvalue weighted by molar-refractivity contribution is 0.414. The molecule has 0 amide bonds. The number of nitrogens with zero attached hydrogens (tertiary/aromatic N) is 4. The Labute approximate surface area is 175 Å². The average Bonchev–Trinajstić information content (AvgIpc) is 3.04. The van der Waals surface area contributed by atoms with Crippen LogP contribution in [-0.2, 0) is 13.6 Å². The van der Waals surface area contributed by atoms with Gasteiger partial charge in [0.2, 0.25) is 5.95 Å². The summed E-state index contributed by atoms with van der Waals surface area (Å²) in [5, 5.41) is 4.27. The third-order valence-corrected chi connectivity index (χ3v) is 4.99. The normalized spacial score (nSPS) is 11.7. The number of anilines is 1. The molecule has 0 bridgehead atoms. The summed E-state index contributed by atoms with van der Waals surface area (Å²) in [6.45, 7) is 4.77. The SMILES string of the molecule is COc1ccc(Br)cc1C=NNc1nc2c(c(=O)[nH]c(=O)n2C)n1CCC(C)C. The highest BCUT2D eigenvalue weighted by atomic mass is 79.9. The van der Waals surface area contributed by atoms with Gasteiger partial charge in [-0.1, -0.05) is 29.8 Å². The maximum absolute atomic E-state index is 12.4. The van der Waals surface area contributed by atoms with E-state index in [4.69, 9.17) is 4.74 Å². The molecule has 3 aromatic rings. The standard InChI is InChI=1S/C19H23BrN6O3/c1-11(2)7-8-26-15-16(25(3)19(28)23-17(15)27)22-18(26)24-21-10-12-9-13(20)5-6-14(12)29-4/h5-6,9-11H,7-8H2,1-4H3,(H,22,24)(H,23,27,28). The molecule has 154 valence electrons. The van der Waals surface area contributed by atoms with E-state index >= 15 is 0 Å². The first-order chi connectivity index (χ1) is 13.8. The number of benzene rings is 1. The quantitative estimate of drug-likeness (QED) is 0.414. The van der Waals surface area contributed by atoms with Gasteiger partial charge in [-0.3, -0.25) is 14.3 Å². The molecule has 9 nitrogen and oxygen atoms in total. The minimum atomic E-state index is -0.509. The maximum Gasteiger partial charge on any atom is 0.329 e. The van der Waals surface area contributed by atoms with Gasteiger partial charge in [-0.25, -0.2) is 10.2 Å². The topological polar surface area (TPSA) is 106 Å². The molecular formula is C19H23BrN6O3. The van der Waals surface area contributed by atoms with Crippen LogP contribution in [-0.4, -0.2) is 32.4 Å². The van der Waals surface area contributed by atoms with Gasteiger partial charge in [-0.15, -0.1) is 0 Å². The van der Waals surface area contributed by atoms with E-state index in [0.29, 0.717) is 35.3 Å². The predicted molar refractivity (Wildman–Crippen MR) is 117 cm³/mol. The summed E-state index contributed by atoms with van der Waals surface area (Å²) in [6.07, 6.45) is 2.45. The summed E-state index contributed by atoms with van der Waals surface area (Å²) in [7, 11) is 3.16. The van der Waals surface area contributed by atoms with Crippen LogP contribution in [0.3, 0.4) is 0 Å². The van der Waals surface area contributed by atoms with E-state index < -0.39 is 11.2 Å². The molecule has 2 heterocycles. The number of H-pyrrole nitrogens is 1. The number of ether oxygens (including phenoxy) is 1. The summed E-state index contributed by atoms with van der Waals surface area (Å²) in [5.74, 6) is 1.49. The molecule has 0 radical (unpaired) electrons. The van der Waals surface area contributed by atoms with Crippen molar-refractivity contribution < 1.29 is 4.74 Å². The third-order valence-electron chi connectivity index (χ3n) is 4.50. The molecule has 0 saturated carbocycles. The van der Waals surface area contributed by atoms with E-state index in [2.05, 4.69) is 50.3 Å². The Morgan fingerprint density at radius 2 is 2.14 bits per heavy atom. The molecule has 0 spiro atoms. The Morgan fingerprint density at radius 1 is 1.38 bits per heavy atom. The van der Waals surface area contributed by atoms with Crippen molar-refractivity contribution in [2.24, 2.45) is 18.1 Å². The van der Waals surface area contributed by atoms with E-state index in [-0.39, 0.29) is 0 Å². The first-order valence-electron chi connectivity index (χ1n) is 9.14. The van der Waals surface area contributed by atoms with Crippen molar-refractivity contribution in [2.75, 3.05) is 12.5 Å². The number of halogens is 1. The fourth-order valence-corrected chi connectivity index (χ4v) is 3.27. The highest BCUT2D eigenvalue weighted by Crippen LogP contribution is 2.22. The molecule has 0 aliphatic carbocycles. The number of rotatable bonds is 7. The molecule has 29 heavy (non-hydrogen) atoms. The van der Waals surface area contributed by atoms with E-state index in [1.807, 2.05) is 18.2 Å². The first-order valence-corrected chi connectivity index (χ1v) is 9.93. The van der Waals surface area contributed by atoms with Crippen LogP contribution in [0, 0.1) is 5.92 Å². The van der Waals surface area contributed by atoms with Crippen molar-refractivity contribution in [3.05, 3.63) is 49.1 Å². The zero-order valence-corrected chi connectivity index (χ0v) is 18.3. The van der Waals surface area contributed by atoms with Gasteiger partial charge in [-0.2, -0.15) is 10.1 Å². The van der Waals surface area contributed by atoms with Gasteiger partial charge >= 0.3 is 5.69 Å². The lowest BCUT2D eigenvalue weighted by Gasteiger charge is -2.10. The summed E-state index contributed by atoms with van der Waals surface area (Å²) < 4.78 is 9.30. The lowest BCUT2D eigenvalue weighted by atomic mass is 10.1. The number of aromatic amines is 1. The Bertz CT molecular complexity index is 1180. The van der Waals surface area contributed by atoms with Crippen LogP contribution in [0.15, 0.2) is 37.4 Å². The molecule has 0 aliphatic heterocycles. The van der Waals surface area contributed by atoms with Gasteiger partial charge in [0.15, 0.2) is 11.2 Å². The maximum atomic E-state index is 12.4. The highest BCUT2D eigenvalue weighted by Gasteiger charge is 2.17. The van der Waals surface area contributed by atoms with Crippen molar-refractivity contribution in [1.82, 2.24) is 19.1 Å². The summed E-state index contributed by atoms with van der Waals surface area (Å²) >= 11 is 3.43. The minimum absolute atomic E-state index is 0.306. The van der Waals surface area contributed by atoms with Gasteiger partial charge in [0.1, 0.15) is 5.75 Å². The fourth-order valence-electron chi connectivity index (χ4n) is 2.89. The van der Waals surface area contributed by atoms with Crippen molar-refractivity contribution in [2.45, 2.75) is 26.8 Å². The average molecular weight is 463 g/mol. The molecule has 0 unspecified atom stereocenters. The molecule has 2 N–H and O–H groups in total. The van der Waals surface area contributed by atoms with Crippen LogP contribution >= 0.6 is 15.9 Å². The van der Waals surface area contributed by atoms with Crippen LogP contribution in [0.4, 0.5) is 5.95 Å². The van der Waals surface area contributed by atoms with Gasteiger partial charge in [0.05, 0.1) is 13.3 Å². The van der Waals surface area contributed by atoms with Crippen LogP contribution in [0.25, 0.3) is 11.2 Å². The Balaban J connectivity index is 2.02. The molecular weight excluding hydrogens is 440 g/mol. The van der Waals surface area contributed by atoms with Crippen LogP contribution in [0.5, 0.6) is 5.75 Å². The number of imidazole rings is 1. The van der Waals surface area contributed by atoms with Crippen LogP contribution in [0.2, 0.25) is 0 Å². The molecule has 10 heteroatoms. The largest absolute Gasteiger partial charge is 0.496 e. The predicted octanol–water partition coefficient (Wildman–Crippen LogP) is 2.69. The number of aromatic nitrogens is 4. The molecule has 0 atom stereocenters. The number of hydrazone groups is 1. The first kappa shape index (κ1) is 20.8. The fraction of sp³-hybridized carbons (Fsp3) is 0.368. The van der Waals surface area contributed by atoms with Crippen molar-refractivity contribution in [1.29, 1.82) is 0 Å². The number of hydrogen-bond acceptors (Lipinski definition) is 6. The number of hydrogen-bond donors (Lipinski definition) is 2. The lowest BCUT2D eigenvalue weighted by Crippen LogP contribution is -2.29. The zero-order chi connectivity index (χ0) is 21.1. The summed E-state index contributed by atoms with van der Waals surface area (Å²) in [5.41, 5.74) is 3.34. The Kier molecular flexibility index (Phi) is 6.21. The molecule has 3 rings (SSSR count). The van der Waals surface area contributed by atoms with Gasteiger partial charge in [-0.05, 0) is 30.5 Å². The van der Waals surface area contributed by atoms with Crippen molar-refractivity contribution >= 4 is 39.3 Å². The number of methoxy groups -OCH3 is 1. The molecule has 0 aliphatic rings. The summed E-state index contributed by atoms with van der Waals surface area (Å²) in [4.78, 5) is 31.1. The van der Waals surface area contributed by atoms with Crippen molar-refractivity contribution in [3.63, 3.8) is 0 Å². The van der Waals surface area contributed by atoms with Crippen molar-refractivity contribution in [3.8, 4) is 5.75 Å². The molecule has 0 saturated heterocycles. The van der Waals surface area contributed by atoms with E-state index in [0.717, 1.165) is 16.5 Å². The number of fused-ring (bicyclic) bond motifs is 1.